The van der Waals surface area contributed by atoms with Crippen LogP contribution in [-0.4, -0.2) is 23.3 Å². The van der Waals surface area contributed by atoms with Crippen LogP contribution in [0, 0.1) is 5.92 Å². The third kappa shape index (κ3) is 4.01. The number of carbonyl (C=O) groups excluding carboxylic acids is 2. The Morgan fingerprint density at radius 2 is 1.81 bits per heavy atom. The Bertz CT molecular complexity index is 831. The summed E-state index contributed by atoms with van der Waals surface area (Å²) < 4.78 is 0. The van der Waals surface area contributed by atoms with Crippen LogP contribution in [0.2, 0.25) is 5.02 Å². The molecule has 1 aliphatic carbocycles. The molecular formula is C22H23ClN2O2. The van der Waals surface area contributed by atoms with E-state index in [-0.39, 0.29) is 23.3 Å². The summed E-state index contributed by atoms with van der Waals surface area (Å²) in [5, 5.41) is 3.94. The zero-order valence-corrected chi connectivity index (χ0v) is 15.9. The van der Waals surface area contributed by atoms with Crippen LogP contribution >= 0.6 is 11.6 Å². The number of rotatable bonds is 5. The van der Waals surface area contributed by atoms with Crippen LogP contribution in [0.5, 0.6) is 0 Å². The third-order valence-corrected chi connectivity index (χ3v) is 5.85. The molecule has 140 valence electrons. The number of amides is 2. The minimum Gasteiger partial charge on any atom is -0.346 e. The molecule has 0 bridgehead atoms. The lowest BCUT2D eigenvalue weighted by Gasteiger charge is -2.33. The Kier molecular flexibility index (Phi) is 4.92. The number of piperidine rings is 1. The highest BCUT2D eigenvalue weighted by molar-refractivity contribution is 6.30. The number of hydrogen-bond donors (Lipinski definition) is 1. The van der Waals surface area contributed by atoms with Gasteiger partial charge >= 0.3 is 0 Å². The summed E-state index contributed by atoms with van der Waals surface area (Å²) in [5.74, 6) is 0.0133. The molecule has 4 nitrogen and oxygen atoms in total. The maximum absolute atomic E-state index is 12.9. The Morgan fingerprint density at radius 1 is 1.11 bits per heavy atom. The summed E-state index contributed by atoms with van der Waals surface area (Å²) in [6, 6.07) is 17.7. The maximum atomic E-state index is 12.9. The average Bonchev–Trinajstić information content (AvgIpc) is 3.46. The second-order valence-electron chi connectivity index (χ2n) is 7.57. The summed E-state index contributed by atoms with van der Waals surface area (Å²) in [7, 11) is 0. The van der Waals surface area contributed by atoms with Crippen molar-refractivity contribution in [3.8, 4) is 0 Å². The van der Waals surface area contributed by atoms with Gasteiger partial charge in [-0.3, -0.25) is 9.59 Å². The molecule has 1 aliphatic heterocycles. The smallest absolute Gasteiger partial charge is 0.225 e. The molecule has 2 fully saturated rings. The lowest BCUT2D eigenvalue weighted by Crippen LogP contribution is -2.47. The number of hydrogen-bond acceptors (Lipinski definition) is 2. The van der Waals surface area contributed by atoms with Gasteiger partial charge in [-0.1, -0.05) is 54.1 Å². The molecule has 5 heteroatoms. The van der Waals surface area contributed by atoms with Gasteiger partial charge in [0, 0.05) is 24.5 Å². The molecule has 2 amide bonds. The van der Waals surface area contributed by atoms with Gasteiger partial charge in [0.25, 0.3) is 0 Å². The summed E-state index contributed by atoms with van der Waals surface area (Å²) in [5.41, 5.74) is 1.99. The topological polar surface area (TPSA) is 49.4 Å². The highest BCUT2D eigenvalue weighted by Crippen LogP contribution is 2.45. The first-order valence-corrected chi connectivity index (χ1v) is 9.83. The summed E-state index contributed by atoms with van der Waals surface area (Å²) >= 11 is 5.93. The minimum atomic E-state index is -0.208. The fourth-order valence-corrected chi connectivity index (χ4v) is 3.92. The van der Waals surface area contributed by atoms with Crippen molar-refractivity contribution in [3.63, 3.8) is 0 Å². The van der Waals surface area contributed by atoms with Gasteiger partial charge in [0.15, 0.2) is 0 Å². The molecule has 2 aliphatic rings. The van der Waals surface area contributed by atoms with Crippen molar-refractivity contribution in [2.24, 2.45) is 5.92 Å². The Labute approximate surface area is 164 Å². The monoisotopic (exact) mass is 382 g/mol. The molecule has 4 rings (SSSR count). The Balaban J connectivity index is 1.41. The van der Waals surface area contributed by atoms with Crippen LogP contribution < -0.4 is 5.32 Å². The zero-order valence-electron chi connectivity index (χ0n) is 15.2. The first-order chi connectivity index (χ1) is 13.1. The van der Waals surface area contributed by atoms with Crippen LogP contribution in [0.15, 0.2) is 54.6 Å². The van der Waals surface area contributed by atoms with Gasteiger partial charge in [-0.2, -0.15) is 0 Å². The van der Waals surface area contributed by atoms with Gasteiger partial charge < -0.3 is 10.2 Å². The number of nitrogens with one attached hydrogen (secondary N) is 1. The first kappa shape index (κ1) is 18.1. The van der Waals surface area contributed by atoms with Crippen molar-refractivity contribution in [2.75, 3.05) is 6.54 Å². The Morgan fingerprint density at radius 3 is 2.48 bits per heavy atom. The van der Waals surface area contributed by atoms with Crippen molar-refractivity contribution in [1.29, 1.82) is 0 Å². The molecule has 0 aromatic heterocycles. The van der Waals surface area contributed by atoms with E-state index in [0.717, 1.165) is 18.4 Å². The van der Waals surface area contributed by atoms with Crippen molar-refractivity contribution < 1.29 is 9.59 Å². The van der Waals surface area contributed by atoms with E-state index in [1.807, 2.05) is 42.5 Å². The molecule has 1 N–H and O–H groups in total. The number of nitrogens with zero attached hydrogens (tertiary/aromatic N) is 1. The highest BCUT2D eigenvalue weighted by atomic mass is 35.5. The van der Waals surface area contributed by atoms with Gasteiger partial charge in [-0.05, 0) is 42.5 Å². The number of benzene rings is 2. The van der Waals surface area contributed by atoms with E-state index in [1.54, 1.807) is 4.90 Å². The fraction of sp³-hybridized carbons (Fsp3) is 0.364. The molecule has 0 radical (unpaired) electrons. The number of halogens is 1. The summed E-state index contributed by atoms with van der Waals surface area (Å²) in [4.78, 5) is 27.0. The van der Waals surface area contributed by atoms with Gasteiger partial charge in [0.2, 0.25) is 11.8 Å². The standard InChI is InChI=1S/C22H23ClN2O2/c23-19-9-6-16(7-10-19)14-25-15-17(8-11-20(25)26)21(27)24-22(12-13-22)18-4-2-1-3-5-18/h1-7,9-10,17H,8,11-15H2,(H,24,27)/t17-/m1/s1. The average molecular weight is 383 g/mol. The van der Waals surface area contributed by atoms with Crippen LogP contribution in [0.1, 0.15) is 36.8 Å². The van der Waals surface area contributed by atoms with Gasteiger partial charge in [-0.25, -0.2) is 0 Å². The maximum Gasteiger partial charge on any atom is 0.225 e. The zero-order chi connectivity index (χ0) is 18.9. The molecule has 1 atom stereocenters. The van der Waals surface area contributed by atoms with Crippen molar-refractivity contribution in [1.82, 2.24) is 10.2 Å². The van der Waals surface area contributed by atoms with Crippen LogP contribution in [0.4, 0.5) is 0 Å². The van der Waals surface area contributed by atoms with E-state index in [2.05, 4.69) is 17.4 Å². The lowest BCUT2D eigenvalue weighted by molar-refractivity contribution is -0.139. The van der Waals surface area contributed by atoms with E-state index in [4.69, 9.17) is 11.6 Å². The molecular weight excluding hydrogens is 360 g/mol. The van der Waals surface area contributed by atoms with E-state index >= 15 is 0 Å². The molecule has 1 saturated heterocycles. The molecule has 2 aromatic carbocycles. The molecule has 27 heavy (non-hydrogen) atoms. The SMILES string of the molecule is O=C(NC1(c2ccccc2)CC1)[C@@H]1CCC(=O)N(Cc2ccc(Cl)cc2)C1. The van der Waals surface area contributed by atoms with Crippen molar-refractivity contribution in [2.45, 2.75) is 37.8 Å². The second kappa shape index (κ2) is 7.35. The van der Waals surface area contributed by atoms with E-state index in [0.29, 0.717) is 31.0 Å². The van der Waals surface area contributed by atoms with Crippen LogP contribution in [-0.2, 0) is 21.7 Å². The summed E-state index contributed by atoms with van der Waals surface area (Å²) in [6.07, 6.45) is 2.99. The first-order valence-electron chi connectivity index (χ1n) is 9.45. The molecule has 0 spiro atoms. The second-order valence-corrected chi connectivity index (χ2v) is 8.01. The van der Waals surface area contributed by atoms with E-state index in [9.17, 15) is 9.59 Å². The van der Waals surface area contributed by atoms with Crippen molar-refractivity contribution in [3.05, 3.63) is 70.7 Å². The van der Waals surface area contributed by atoms with Gasteiger partial charge in [0.05, 0.1) is 11.5 Å². The van der Waals surface area contributed by atoms with E-state index in [1.165, 1.54) is 5.56 Å². The largest absolute Gasteiger partial charge is 0.346 e. The normalized spacial score (nSPS) is 21.0. The van der Waals surface area contributed by atoms with Crippen LogP contribution in [0.3, 0.4) is 0 Å². The molecule has 2 aromatic rings. The predicted octanol–water partition coefficient (Wildman–Crippen LogP) is 3.88. The third-order valence-electron chi connectivity index (χ3n) is 5.60. The van der Waals surface area contributed by atoms with Crippen LogP contribution in [0.25, 0.3) is 0 Å². The highest BCUT2D eigenvalue weighted by Gasteiger charge is 2.46. The lowest BCUT2D eigenvalue weighted by atomic mass is 9.94. The quantitative estimate of drug-likeness (QED) is 0.853. The fourth-order valence-electron chi connectivity index (χ4n) is 3.80. The predicted molar refractivity (Wildman–Crippen MR) is 105 cm³/mol. The molecule has 1 heterocycles. The van der Waals surface area contributed by atoms with Gasteiger partial charge in [-0.15, -0.1) is 0 Å². The summed E-state index contributed by atoms with van der Waals surface area (Å²) in [6.45, 7) is 0.988. The molecule has 1 saturated carbocycles. The minimum absolute atomic E-state index is 0.0601. The van der Waals surface area contributed by atoms with Crippen molar-refractivity contribution >= 4 is 23.4 Å². The number of likely N-dealkylation sites (tertiary alicyclic amines) is 1. The molecule has 0 unspecified atom stereocenters. The van der Waals surface area contributed by atoms with Gasteiger partial charge in [0.1, 0.15) is 0 Å². The van der Waals surface area contributed by atoms with E-state index < -0.39 is 0 Å². The Hall–Kier alpha value is -2.33. The number of carbonyl (C=O) groups is 2.